The minimum Gasteiger partial charge on any atom is -0.334 e. The van der Waals surface area contributed by atoms with Crippen LogP contribution < -0.4 is 5.73 Å². The molecule has 0 saturated carbocycles. The molecule has 2 N–H and O–H groups in total. The molecule has 0 aromatic carbocycles. The molecule has 1 amide bonds. The minimum absolute atomic E-state index is 0.0678. The van der Waals surface area contributed by atoms with Gasteiger partial charge in [-0.25, -0.2) is 4.98 Å². The van der Waals surface area contributed by atoms with Crippen LogP contribution in [0.4, 0.5) is 0 Å². The fourth-order valence-electron chi connectivity index (χ4n) is 2.57. The molecule has 1 aromatic rings. The fourth-order valence-corrected chi connectivity index (χ4v) is 2.57. The zero-order valence-electron chi connectivity index (χ0n) is 10.9. The topological polar surface area (TPSA) is 59.2 Å². The number of carbonyl (C=O) groups is 1. The molecule has 1 unspecified atom stereocenters. The lowest BCUT2D eigenvalue weighted by Crippen LogP contribution is -2.36. The molecule has 0 radical (unpaired) electrons. The molecule has 0 bridgehead atoms. The van der Waals surface area contributed by atoms with Gasteiger partial charge in [0.15, 0.2) is 0 Å². The van der Waals surface area contributed by atoms with E-state index in [-0.39, 0.29) is 5.91 Å². The molecular formula is C14H21N3O. The number of hydrogen-bond acceptors (Lipinski definition) is 3. The number of amides is 1. The second kappa shape index (κ2) is 5.96. The maximum atomic E-state index is 12.4. The Morgan fingerprint density at radius 3 is 3.11 bits per heavy atom. The second-order valence-electron chi connectivity index (χ2n) is 4.89. The van der Waals surface area contributed by atoms with E-state index in [0.29, 0.717) is 18.3 Å². The first-order valence-electron chi connectivity index (χ1n) is 6.67. The van der Waals surface area contributed by atoms with Gasteiger partial charge in [-0.15, -0.1) is 0 Å². The first-order chi connectivity index (χ1) is 8.72. The Morgan fingerprint density at radius 1 is 1.56 bits per heavy atom. The summed E-state index contributed by atoms with van der Waals surface area (Å²) in [6, 6.07) is 5.95. The third-order valence-electron chi connectivity index (χ3n) is 3.49. The van der Waals surface area contributed by atoms with Crippen LogP contribution in [0.25, 0.3) is 0 Å². The summed E-state index contributed by atoms with van der Waals surface area (Å²) >= 11 is 0. The van der Waals surface area contributed by atoms with Gasteiger partial charge in [-0.05, 0) is 51.3 Å². The Bertz CT molecular complexity index is 419. The third kappa shape index (κ3) is 2.88. The van der Waals surface area contributed by atoms with E-state index in [9.17, 15) is 4.79 Å². The quantitative estimate of drug-likeness (QED) is 0.881. The molecule has 1 aliphatic rings. The molecule has 1 aromatic heterocycles. The SMILES string of the molecule is Cc1cccc(C(=O)N2CCCC2CCCN)n1. The molecule has 2 heterocycles. The van der Waals surface area contributed by atoms with Crippen LogP contribution in [-0.4, -0.2) is 34.9 Å². The monoisotopic (exact) mass is 247 g/mol. The van der Waals surface area contributed by atoms with Gasteiger partial charge in [0.1, 0.15) is 5.69 Å². The fraction of sp³-hybridized carbons (Fsp3) is 0.571. The van der Waals surface area contributed by atoms with Gasteiger partial charge in [0.2, 0.25) is 0 Å². The van der Waals surface area contributed by atoms with Crippen LogP contribution in [0.3, 0.4) is 0 Å². The van der Waals surface area contributed by atoms with Crippen molar-refractivity contribution in [2.24, 2.45) is 5.73 Å². The van der Waals surface area contributed by atoms with Crippen LogP contribution in [0.5, 0.6) is 0 Å². The van der Waals surface area contributed by atoms with Crippen molar-refractivity contribution in [3.05, 3.63) is 29.6 Å². The van der Waals surface area contributed by atoms with Crippen molar-refractivity contribution in [2.45, 2.75) is 38.6 Å². The van der Waals surface area contributed by atoms with Gasteiger partial charge in [0.25, 0.3) is 5.91 Å². The van der Waals surface area contributed by atoms with Gasteiger partial charge in [-0.2, -0.15) is 0 Å². The number of rotatable bonds is 4. The van der Waals surface area contributed by atoms with E-state index in [1.54, 1.807) is 6.07 Å². The van der Waals surface area contributed by atoms with E-state index < -0.39 is 0 Å². The van der Waals surface area contributed by atoms with Gasteiger partial charge in [0, 0.05) is 18.3 Å². The Balaban J connectivity index is 2.08. The average Bonchev–Trinajstić information content (AvgIpc) is 2.83. The van der Waals surface area contributed by atoms with E-state index >= 15 is 0 Å². The summed E-state index contributed by atoms with van der Waals surface area (Å²) < 4.78 is 0. The molecule has 1 aliphatic heterocycles. The zero-order chi connectivity index (χ0) is 13.0. The van der Waals surface area contributed by atoms with Gasteiger partial charge in [-0.3, -0.25) is 4.79 Å². The van der Waals surface area contributed by atoms with Gasteiger partial charge in [-0.1, -0.05) is 6.07 Å². The largest absolute Gasteiger partial charge is 0.334 e. The number of pyridine rings is 1. The highest BCUT2D eigenvalue weighted by Gasteiger charge is 2.29. The third-order valence-corrected chi connectivity index (χ3v) is 3.49. The van der Waals surface area contributed by atoms with Crippen LogP contribution in [0.15, 0.2) is 18.2 Å². The Kier molecular flexibility index (Phi) is 4.31. The van der Waals surface area contributed by atoms with Crippen LogP contribution in [0.2, 0.25) is 0 Å². The normalized spacial score (nSPS) is 19.2. The molecule has 98 valence electrons. The van der Waals surface area contributed by atoms with Crippen molar-refractivity contribution in [3.63, 3.8) is 0 Å². The molecule has 1 saturated heterocycles. The van der Waals surface area contributed by atoms with Crippen molar-refractivity contribution in [1.82, 2.24) is 9.88 Å². The summed E-state index contributed by atoms with van der Waals surface area (Å²) in [6.07, 6.45) is 4.17. The number of nitrogens with zero attached hydrogens (tertiary/aromatic N) is 2. The van der Waals surface area contributed by atoms with Gasteiger partial charge in [0.05, 0.1) is 0 Å². The van der Waals surface area contributed by atoms with Crippen LogP contribution in [0, 0.1) is 6.92 Å². The lowest BCUT2D eigenvalue weighted by Gasteiger charge is -2.24. The van der Waals surface area contributed by atoms with Crippen LogP contribution in [0.1, 0.15) is 41.9 Å². The summed E-state index contributed by atoms with van der Waals surface area (Å²) in [5.41, 5.74) is 7.00. The van der Waals surface area contributed by atoms with E-state index in [4.69, 9.17) is 5.73 Å². The van der Waals surface area contributed by atoms with Gasteiger partial charge >= 0.3 is 0 Å². The van der Waals surface area contributed by atoms with Crippen molar-refractivity contribution in [2.75, 3.05) is 13.1 Å². The number of aryl methyl sites for hydroxylation is 1. The maximum Gasteiger partial charge on any atom is 0.272 e. The molecule has 4 nitrogen and oxygen atoms in total. The average molecular weight is 247 g/mol. The highest BCUT2D eigenvalue weighted by atomic mass is 16.2. The maximum absolute atomic E-state index is 12.4. The Labute approximate surface area is 108 Å². The van der Waals surface area contributed by atoms with Crippen molar-refractivity contribution in [3.8, 4) is 0 Å². The Hall–Kier alpha value is -1.42. The zero-order valence-corrected chi connectivity index (χ0v) is 10.9. The minimum atomic E-state index is 0.0678. The van der Waals surface area contributed by atoms with E-state index in [0.717, 1.165) is 37.9 Å². The number of nitrogens with two attached hydrogens (primary N) is 1. The molecule has 4 heteroatoms. The molecule has 0 spiro atoms. The van der Waals surface area contributed by atoms with Gasteiger partial charge < -0.3 is 10.6 Å². The number of likely N-dealkylation sites (tertiary alicyclic amines) is 1. The number of hydrogen-bond donors (Lipinski definition) is 1. The smallest absolute Gasteiger partial charge is 0.272 e. The summed E-state index contributed by atoms with van der Waals surface area (Å²) in [5.74, 6) is 0.0678. The lowest BCUT2D eigenvalue weighted by atomic mass is 10.1. The molecular weight excluding hydrogens is 226 g/mol. The highest BCUT2D eigenvalue weighted by Crippen LogP contribution is 2.22. The molecule has 18 heavy (non-hydrogen) atoms. The molecule has 1 fully saturated rings. The van der Waals surface area contributed by atoms with Crippen molar-refractivity contribution < 1.29 is 4.79 Å². The summed E-state index contributed by atoms with van der Waals surface area (Å²) in [7, 11) is 0. The van der Waals surface area contributed by atoms with Crippen LogP contribution in [-0.2, 0) is 0 Å². The number of carbonyl (C=O) groups excluding carboxylic acids is 1. The molecule has 2 rings (SSSR count). The predicted molar refractivity (Wildman–Crippen MR) is 71.3 cm³/mol. The number of aromatic nitrogens is 1. The van der Waals surface area contributed by atoms with E-state index in [2.05, 4.69) is 4.98 Å². The molecule has 0 aliphatic carbocycles. The lowest BCUT2D eigenvalue weighted by molar-refractivity contribution is 0.0723. The Morgan fingerprint density at radius 2 is 2.39 bits per heavy atom. The second-order valence-corrected chi connectivity index (χ2v) is 4.89. The first kappa shape index (κ1) is 13.0. The van der Waals surface area contributed by atoms with E-state index in [1.807, 2.05) is 24.0 Å². The first-order valence-corrected chi connectivity index (χ1v) is 6.67. The van der Waals surface area contributed by atoms with Crippen LogP contribution >= 0.6 is 0 Å². The van der Waals surface area contributed by atoms with Crippen molar-refractivity contribution >= 4 is 5.91 Å². The standard InChI is InChI=1S/C14H21N3O/c1-11-5-2-8-13(16-11)14(18)17-10-4-7-12(17)6-3-9-15/h2,5,8,12H,3-4,6-7,9-10,15H2,1H3. The highest BCUT2D eigenvalue weighted by molar-refractivity contribution is 5.92. The summed E-state index contributed by atoms with van der Waals surface area (Å²) in [5, 5.41) is 0. The summed E-state index contributed by atoms with van der Waals surface area (Å²) in [6.45, 7) is 3.46. The van der Waals surface area contributed by atoms with E-state index in [1.165, 1.54) is 0 Å². The van der Waals surface area contributed by atoms with Crippen molar-refractivity contribution in [1.29, 1.82) is 0 Å². The molecule has 1 atom stereocenters. The predicted octanol–water partition coefficient (Wildman–Crippen LogP) is 1.73. The summed E-state index contributed by atoms with van der Waals surface area (Å²) in [4.78, 5) is 18.7.